The summed E-state index contributed by atoms with van der Waals surface area (Å²) in [5, 5.41) is 20.4. The zero-order valence-electron chi connectivity index (χ0n) is 15.2. The van der Waals surface area contributed by atoms with Crippen LogP contribution in [-0.4, -0.2) is 10.2 Å². The molecule has 2 aromatic carbocycles. The Morgan fingerprint density at radius 1 is 0.778 bits per heavy atom. The van der Waals surface area contributed by atoms with Crippen LogP contribution in [0.25, 0.3) is 0 Å². The van der Waals surface area contributed by atoms with Gasteiger partial charge in [0, 0.05) is 5.41 Å². The third-order valence-corrected chi connectivity index (χ3v) is 8.38. The summed E-state index contributed by atoms with van der Waals surface area (Å²) in [7, 11) is 0. The van der Waals surface area contributed by atoms with E-state index in [1.165, 1.54) is 11.1 Å². The van der Waals surface area contributed by atoms with Crippen molar-refractivity contribution < 1.29 is 10.2 Å². The van der Waals surface area contributed by atoms with Gasteiger partial charge in [0.2, 0.25) is 0 Å². The van der Waals surface area contributed by atoms with Crippen LogP contribution in [0.4, 0.5) is 0 Å². The number of aromatic hydroxyl groups is 2. The summed E-state index contributed by atoms with van der Waals surface area (Å²) >= 11 is 14.0. The number of rotatable bonds is 3. The van der Waals surface area contributed by atoms with E-state index in [4.69, 9.17) is 0 Å². The molecule has 3 rings (SSSR count). The smallest absolute Gasteiger partial charge is 0.143 e. The van der Waals surface area contributed by atoms with Crippen LogP contribution < -0.4 is 0 Å². The Bertz CT molecular complexity index is 750. The van der Waals surface area contributed by atoms with E-state index in [1.807, 2.05) is 24.3 Å². The van der Waals surface area contributed by atoms with Crippen molar-refractivity contribution in [2.45, 2.75) is 44.9 Å². The summed E-state index contributed by atoms with van der Waals surface area (Å²) in [6.45, 7) is 4.61. The third kappa shape index (κ3) is 4.15. The Morgan fingerprint density at radius 3 is 1.41 bits per heavy atom. The van der Waals surface area contributed by atoms with Crippen molar-refractivity contribution in [2.75, 3.05) is 0 Å². The van der Waals surface area contributed by atoms with Crippen LogP contribution in [0.1, 0.15) is 50.7 Å². The monoisotopic (exact) mass is 622 g/mol. The zero-order valence-corrected chi connectivity index (χ0v) is 21.5. The predicted octanol–water partition coefficient (Wildman–Crippen LogP) is 8.28. The maximum atomic E-state index is 10.2. The van der Waals surface area contributed by atoms with Crippen LogP contribution >= 0.6 is 63.7 Å². The highest BCUT2D eigenvalue weighted by Gasteiger charge is 2.40. The highest BCUT2D eigenvalue weighted by molar-refractivity contribution is 9.11. The second-order valence-electron chi connectivity index (χ2n) is 7.74. The molecule has 1 saturated carbocycles. The highest BCUT2D eigenvalue weighted by Crippen LogP contribution is 2.51. The molecule has 2 aromatic rings. The van der Waals surface area contributed by atoms with Crippen LogP contribution in [0.3, 0.4) is 0 Å². The maximum absolute atomic E-state index is 10.2. The van der Waals surface area contributed by atoms with Crippen molar-refractivity contribution in [3.63, 3.8) is 0 Å². The molecule has 0 amide bonds. The van der Waals surface area contributed by atoms with E-state index in [2.05, 4.69) is 77.6 Å². The van der Waals surface area contributed by atoms with Gasteiger partial charge in [-0.3, -0.25) is 0 Å². The van der Waals surface area contributed by atoms with Crippen LogP contribution in [0.15, 0.2) is 42.2 Å². The Hall–Kier alpha value is -0.0400. The number of hydrogen-bond donors (Lipinski definition) is 2. The Balaban J connectivity index is 2.17. The summed E-state index contributed by atoms with van der Waals surface area (Å²) in [4.78, 5) is 0. The molecule has 0 aliphatic heterocycles. The van der Waals surface area contributed by atoms with E-state index in [-0.39, 0.29) is 16.9 Å². The molecule has 0 heterocycles. The lowest BCUT2D eigenvalue weighted by molar-refractivity contribution is 0.217. The largest absolute Gasteiger partial charge is 0.506 e. The van der Waals surface area contributed by atoms with E-state index in [0.717, 1.165) is 31.6 Å². The molecule has 1 aliphatic rings. The minimum Gasteiger partial charge on any atom is -0.506 e. The first-order valence-corrected chi connectivity index (χ1v) is 12.2. The van der Waals surface area contributed by atoms with Gasteiger partial charge < -0.3 is 10.2 Å². The standard InChI is InChI=1S/C21H22Br4O2/c1-11(2)12-3-5-21(6-4-12,13-7-15(22)19(26)16(23)8-13)14-9-17(24)20(27)18(25)10-14/h7-12,26-27H,3-6H2,1-2H3. The quantitative estimate of drug-likeness (QED) is 0.360. The summed E-state index contributed by atoms with van der Waals surface area (Å²) in [5.74, 6) is 1.85. The molecule has 0 spiro atoms. The molecule has 0 bridgehead atoms. The van der Waals surface area contributed by atoms with Gasteiger partial charge >= 0.3 is 0 Å². The fourth-order valence-corrected chi connectivity index (χ4v) is 6.60. The van der Waals surface area contributed by atoms with E-state index in [9.17, 15) is 10.2 Å². The second kappa shape index (κ2) is 8.37. The number of halogens is 4. The average molecular weight is 626 g/mol. The molecule has 0 atom stereocenters. The van der Waals surface area contributed by atoms with Gasteiger partial charge in [-0.2, -0.15) is 0 Å². The average Bonchev–Trinajstić information content (AvgIpc) is 2.63. The summed E-state index contributed by atoms with van der Waals surface area (Å²) in [6, 6.07) is 8.13. The van der Waals surface area contributed by atoms with Gasteiger partial charge in [0.15, 0.2) is 0 Å². The normalized spacial score (nSPS) is 17.4. The Morgan fingerprint density at radius 2 is 1.11 bits per heavy atom. The van der Waals surface area contributed by atoms with Crippen molar-refractivity contribution in [3.8, 4) is 11.5 Å². The summed E-state index contributed by atoms with van der Waals surface area (Å²) in [5.41, 5.74) is 2.18. The number of hydrogen-bond acceptors (Lipinski definition) is 2. The topological polar surface area (TPSA) is 40.5 Å². The molecule has 0 radical (unpaired) electrons. The molecule has 6 heteroatoms. The van der Waals surface area contributed by atoms with Gasteiger partial charge in [-0.1, -0.05) is 13.8 Å². The van der Waals surface area contributed by atoms with Gasteiger partial charge in [-0.25, -0.2) is 0 Å². The molecule has 1 fully saturated rings. The molecular weight excluding hydrogens is 604 g/mol. The minimum absolute atomic E-state index is 0.164. The van der Waals surface area contributed by atoms with Gasteiger partial charge in [-0.05, 0) is 137 Å². The lowest BCUT2D eigenvalue weighted by atomic mass is 9.62. The molecule has 146 valence electrons. The van der Waals surface area contributed by atoms with Crippen molar-refractivity contribution in [3.05, 3.63) is 53.3 Å². The van der Waals surface area contributed by atoms with Gasteiger partial charge in [0.1, 0.15) is 11.5 Å². The molecule has 0 aromatic heterocycles. The predicted molar refractivity (Wildman–Crippen MR) is 125 cm³/mol. The van der Waals surface area contributed by atoms with Crippen LogP contribution in [0, 0.1) is 11.8 Å². The molecule has 0 unspecified atom stereocenters. The summed E-state index contributed by atoms with van der Waals surface area (Å²) < 4.78 is 2.76. The minimum atomic E-state index is -0.164. The Labute approximate surface area is 194 Å². The molecule has 27 heavy (non-hydrogen) atoms. The van der Waals surface area contributed by atoms with Crippen molar-refractivity contribution in [2.24, 2.45) is 11.8 Å². The van der Waals surface area contributed by atoms with Gasteiger partial charge in [0.25, 0.3) is 0 Å². The fraction of sp³-hybridized carbons (Fsp3) is 0.429. The molecule has 2 nitrogen and oxygen atoms in total. The van der Waals surface area contributed by atoms with E-state index in [0.29, 0.717) is 23.8 Å². The highest BCUT2D eigenvalue weighted by atomic mass is 79.9. The van der Waals surface area contributed by atoms with E-state index >= 15 is 0 Å². The molecule has 2 N–H and O–H groups in total. The number of phenolic OH excluding ortho intramolecular Hbond substituents is 2. The van der Waals surface area contributed by atoms with E-state index < -0.39 is 0 Å². The van der Waals surface area contributed by atoms with Crippen LogP contribution in [0.2, 0.25) is 0 Å². The second-order valence-corrected chi connectivity index (χ2v) is 11.2. The maximum Gasteiger partial charge on any atom is 0.143 e. The van der Waals surface area contributed by atoms with E-state index in [1.54, 1.807) is 0 Å². The molecule has 0 saturated heterocycles. The lowest BCUT2D eigenvalue weighted by Gasteiger charge is -2.43. The lowest BCUT2D eigenvalue weighted by Crippen LogP contribution is -2.34. The zero-order chi connectivity index (χ0) is 19.9. The third-order valence-electron chi connectivity index (χ3n) is 5.97. The SMILES string of the molecule is CC(C)C1CCC(c2cc(Br)c(O)c(Br)c2)(c2cc(Br)c(O)c(Br)c2)CC1. The number of benzene rings is 2. The molecular formula is C21H22Br4O2. The van der Waals surface area contributed by atoms with Crippen LogP contribution in [-0.2, 0) is 5.41 Å². The first-order chi connectivity index (χ1) is 12.7. The Kier molecular flexibility index (Phi) is 6.72. The van der Waals surface area contributed by atoms with Crippen molar-refractivity contribution >= 4 is 63.7 Å². The molecule has 1 aliphatic carbocycles. The van der Waals surface area contributed by atoms with Crippen LogP contribution in [0.5, 0.6) is 11.5 Å². The number of phenols is 2. The first-order valence-electron chi connectivity index (χ1n) is 9.02. The first kappa shape index (κ1) is 21.7. The van der Waals surface area contributed by atoms with Crippen molar-refractivity contribution in [1.82, 2.24) is 0 Å². The van der Waals surface area contributed by atoms with Gasteiger partial charge in [0.05, 0.1) is 17.9 Å². The fourth-order valence-electron chi connectivity index (χ4n) is 4.23. The van der Waals surface area contributed by atoms with Gasteiger partial charge in [-0.15, -0.1) is 0 Å². The van der Waals surface area contributed by atoms with Crippen molar-refractivity contribution in [1.29, 1.82) is 0 Å². The summed E-state index contributed by atoms with van der Waals surface area (Å²) in [6.07, 6.45) is 4.38.